The second-order valence-electron chi connectivity index (χ2n) is 9.78. The van der Waals surface area contributed by atoms with Crippen LogP contribution < -0.4 is 10.2 Å². The summed E-state index contributed by atoms with van der Waals surface area (Å²) >= 11 is 0. The lowest BCUT2D eigenvalue weighted by molar-refractivity contribution is -0.124. The van der Waals surface area contributed by atoms with Crippen molar-refractivity contribution in [1.82, 2.24) is 15.3 Å². The smallest absolute Gasteiger partial charge is 0.239 e. The number of nitrogens with zero attached hydrogens (tertiary/aromatic N) is 4. The topological polar surface area (TPSA) is 81.9 Å². The molecule has 1 unspecified atom stereocenters. The molecule has 0 bridgehead atoms. The molecule has 2 aromatic heterocycles. The third-order valence-electron chi connectivity index (χ3n) is 7.72. The number of aromatic nitrogens is 2. The maximum Gasteiger partial charge on any atom is 0.239 e. The van der Waals surface area contributed by atoms with Gasteiger partial charge in [-0.3, -0.25) is 14.7 Å². The Labute approximate surface area is 216 Å². The van der Waals surface area contributed by atoms with E-state index in [0.717, 1.165) is 46.6 Å². The van der Waals surface area contributed by atoms with Crippen molar-refractivity contribution >= 4 is 11.7 Å². The van der Waals surface area contributed by atoms with Crippen LogP contribution in [0.1, 0.15) is 47.0 Å². The third kappa shape index (κ3) is 3.80. The lowest BCUT2D eigenvalue weighted by Crippen LogP contribution is -2.48. The predicted octanol–water partition coefficient (Wildman–Crippen LogP) is 5.08. The highest BCUT2D eigenvalue weighted by Gasteiger charge is 2.54. The number of hydrogen-bond donors (Lipinski definition) is 1. The standard InChI is InChI=1S/C31H27N5O/c1-21-6-5-17-34-27(21)28(24-11-9-23(10-12-24)22-7-3-2-4-8-22)36-29-26(14-13-25(20-32)35-29)31(30(36)37)15-18-33-19-16-31/h2-14,17,28,33H,15-16,18-19H2,1H3. The van der Waals surface area contributed by atoms with Gasteiger partial charge in [0.15, 0.2) is 0 Å². The van der Waals surface area contributed by atoms with Gasteiger partial charge < -0.3 is 5.32 Å². The number of aryl methyl sites for hydroxylation is 1. The van der Waals surface area contributed by atoms with Crippen molar-refractivity contribution in [2.45, 2.75) is 31.2 Å². The van der Waals surface area contributed by atoms with E-state index in [-0.39, 0.29) is 5.91 Å². The molecule has 2 aliphatic heterocycles. The summed E-state index contributed by atoms with van der Waals surface area (Å²) in [5.74, 6) is 0.613. The van der Waals surface area contributed by atoms with Crippen LogP contribution >= 0.6 is 0 Å². The second-order valence-corrected chi connectivity index (χ2v) is 9.78. The van der Waals surface area contributed by atoms with Gasteiger partial charge in [0, 0.05) is 11.8 Å². The summed E-state index contributed by atoms with van der Waals surface area (Å²) in [7, 11) is 0. The average Bonchev–Trinajstić information content (AvgIpc) is 3.17. The molecule has 0 radical (unpaired) electrons. The minimum atomic E-state index is -0.646. The molecule has 6 nitrogen and oxygen atoms in total. The minimum absolute atomic E-state index is 0.0359. The molecule has 1 spiro atoms. The van der Waals surface area contributed by atoms with Crippen molar-refractivity contribution in [2.75, 3.05) is 18.0 Å². The van der Waals surface area contributed by atoms with Crippen LogP contribution in [0.3, 0.4) is 0 Å². The number of carbonyl (C=O) groups is 1. The zero-order chi connectivity index (χ0) is 25.4. The molecule has 6 rings (SSSR count). The maximum absolute atomic E-state index is 14.5. The summed E-state index contributed by atoms with van der Waals surface area (Å²) in [5.41, 5.74) is 5.57. The molecule has 2 aromatic carbocycles. The van der Waals surface area contributed by atoms with Crippen molar-refractivity contribution in [3.05, 3.63) is 113 Å². The first-order valence-electron chi connectivity index (χ1n) is 12.7. The Balaban J connectivity index is 1.54. The van der Waals surface area contributed by atoms with Gasteiger partial charge in [0.25, 0.3) is 0 Å². The number of benzene rings is 2. The fraction of sp³-hybridized carbons (Fsp3) is 0.226. The van der Waals surface area contributed by atoms with Crippen molar-refractivity contribution in [3.8, 4) is 17.2 Å². The quantitative estimate of drug-likeness (QED) is 0.436. The Morgan fingerprint density at radius 1 is 0.946 bits per heavy atom. The van der Waals surface area contributed by atoms with E-state index < -0.39 is 11.5 Å². The fourth-order valence-corrected chi connectivity index (χ4v) is 5.79. The van der Waals surface area contributed by atoms with Gasteiger partial charge in [0.05, 0.1) is 11.1 Å². The Kier molecular flexibility index (Phi) is 5.78. The van der Waals surface area contributed by atoms with E-state index in [1.807, 2.05) is 48.2 Å². The summed E-state index contributed by atoms with van der Waals surface area (Å²) in [6.07, 6.45) is 3.17. The van der Waals surface area contributed by atoms with E-state index in [1.54, 1.807) is 12.3 Å². The molecule has 182 valence electrons. The Morgan fingerprint density at radius 2 is 1.68 bits per heavy atom. The van der Waals surface area contributed by atoms with Gasteiger partial charge in [-0.15, -0.1) is 0 Å². The molecule has 0 saturated carbocycles. The minimum Gasteiger partial charge on any atom is -0.317 e. The van der Waals surface area contributed by atoms with Gasteiger partial charge in [0.1, 0.15) is 23.6 Å². The highest BCUT2D eigenvalue weighted by atomic mass is 16.2. The van der Waals surface area contributed by atoms with Gasteiger partial charge in [-0.1, -0.05) is 66.7 Å². The van der Waals surface area contributed by atoms with Crippen LogP contribution in [-0.4, -0.2) is 29.0 Å². The summed E-state index contributed by atoms with van der Waals surface area (Å²) in [4.78, 5) is 25.8. The largest absolute Gasteiger partial charge is 0.317 e. The number of piperidine rings is 1. The van der Waals surface area contributed by atoms with Crippen molar-refractivity contribution in [1.29, 1.82) is 5.26 Å². The van der Waals surface area contributed by atoms with Crippen LogP contribution in [0, 0.1) is 18.3 Å². The highest BCUT2D eigenvalue weighted by Crippen LogP contribution is 2.50. The molecule has 1 fully saturated rings. The van der Waals surface area contributed by atoms with Crippen LogP contribution in [0.4, 0.5) is 5.82 Å². The van der Waals surface area contributed by atoms with E-state index in [2.05, 4.69) is 47.8 Å². The molecule has 4 aromatic rings. The lowest BCUT2D eigenvalue weighted by atomic mass is 9.74. The molecule has 6 heteroatoms. The van der Waals surface area contributed by atoms with Crippen LogP contribution in [0.25, 0.3) is 11.1 Å². The van der Waals surface area contributed by atoms with Crippen LogP contribution in [0.5, 0.6) is 0 Å². The van der Waals surface area contributed by atoms with Crippen molar-refractivity contribution < 1.29 is 4.79 Å². The number of fused-ring (bicyclic) bond motifs is 2. The van der Waals surface area contributed by atoms with E-state index in [9.17, 15) is 10.1 Å². The molecular formula is C31H27N5O. The molecule has 37 heavy (non-hydrogen) atoms. The number of hydrogen-bond acceptors (Lipinski definition) is 5. The number of rotatable bonds is 4. The summed E-state index contributed by atoms with van der Waals surface area (Å²) in [6, 6.07) is 27.9. The van der Waals surface area contributed by atoms with Crippen molar-refractivity contribution in [2.24, 2.45) is 0 Å². The zero-order valence-electron chi connectivity index (χ0n) is 20.7. The maximum atomic E-state index is 14.5. The normalized spacial score (nSPS) is 16.9. The first kappa shape index (κ1) is 23.1. The van der Waals surface area contributed by atoms with Crippen LogP contribution in [0.15, 0.2) is 85.1 Å². The first-order valence-corrected chi connectivity index (χ1v) is 12.7. The van der Waals surface area contributed by atoms with Gasteiger partial charge in [-0.05, 0) is 67.2 Å². The average molecular weight is 486 g/mol. The number of nitrogens with one attached hydrogen (secondary N) is 1. The van der Waals surface area contributed by atoms with E-state index in [0.29, 0.717) is 24.4 Å². The molecule has 1 saturated heterocycles. The number of nitriles is 1. The van der Waals surface area contributed by atoms with Gasteiger partial charge >= 0.3 is 0 Å². The molecule has 0 aliphatic carbocycles. The number of anilines is 1. The zero-order valence-corrected chi connectivity index (χ0v) is 20.7. The van der Waals surface area contributed by atoms with Crippen molar-refractivity contribution in [3.63, 3.8) is 0 Å². The van der Waals surface area contributed by atoms with E-state index >= 15 is 0 Å². The van der Waals surface area contributed by atoms with Gasteiger partial charge in [-0.2, -0.15) is 5.26 Å². The Morgan fingerprint density at radius 3 is 2.38 bits per heavy atom. The van der Waals surface area contributed by atoms with Crippen LogP contribution in [0.2, 0.25) is 0 Å². The summed E-state index contributed by atoms with van der Waals surface area (Å²) < 4.78 is 0. The fourth-order valence-electron chi connectivity index (χ4n) is 5.79. The molecule has 1 amide bonds. The molecular weight excluding hydrogens is 458 g/mol. The summed E-state index contributed by atoms with van der Waals surface area (Å²) in [6.45, 7) is 3.55. The monoisotopic (exact) mass is 485 g/mol. The second kappa shape index (κ2) is 9.27. The van der Waals surface area contributed by atoms with Crippen LogP contribution in [-0.2, 0) is 10.2 Å². The number of carbonyl (C=O) groups excluding carboxylic acids is 1. The van der Waals surface area contributed by atoms with E-state index in [1.165, 1.54) is 0 Å². The summed E-state index contributed by atoms with van der Waals surface area (Å²) in [5, 5.41) is 13.0. The SMILES string of the molecule is Cc1cccnc1C(c1ccc(-c2ccccc2)cc1)N1C(=O)C2(CCNCC2)c2ccc(C#N)nc21. The molecule has 1 atom stereocenters. The Hall–Kier alpha value is -4.34. The Bertz CT molecular complexity index is 1500. The highest BCUT2D eigenvalue weighted by molar-refractivity contribution is 6.08. The number of pyridine rings is 2. The van der Waals surface area contributed by atoms with E-state index in [4.69, 9.17) is 9.97 Å². The first-order chi connectivity index (χ1) is 18.1. The number of amides is 1. The van der Waals surface area contributed by atoms with Gasteiger partial charge in [-0.25, -0.2) is 4.98 Å². The molecule has 1 N–H and O–H groups in total. The van der Waals surface area contributed by atoms with Gasteiger partial charge in [0.2, 0.25) is 5.91 Å². The molecule has 4 heterocycles. The third-order valence-corrected chi connectivity index (χ3v) is 7.72. The predicted molar refractivity (Wildman–Crippen MR) is 143 cm³/mol. The molecule has 2 aliphatic rings. The lowest BCUT2D eigenvalue weighted by Gasteiger charge is -2.35.